The lowest BCUT2D eigenvalue weighted by molar-refractivity contribution is -0.0292. The maximum Gasteiger partial charge on any atom is 0.162 e. The molecular weight excluding hydrogens is 294 g/mol. The molecule has 1 heterocycles. The van der Waals surface area contributed by atoms with E-state index >= 15 is 0 Å². The second-order valence-corrected chi connectivity index (χ2v) is 5.14. The minimum Gasteiger partial charge on any atom is -0.383 e. The lowest BCUT2D eigenvalue weighted by Crippen LogP contribution is -2.30. The Morgan fingerprint density at radius 2 is 1.83 bits per heavy atom. The standard InChI is InChI=1S/C13H22BrN3O/c1-5-8-9-10(14)11(15)17-12(16-9)13(6-2,7-3)18-4/h5-8H2,1-4H3,(H2,15,16,17). The summed E-state index contributed by atoms with van der Waals surface area (Å²) >= 11 is 3.46. The number of hydrogen-bond donors (Lipinski definition) is 1. The Balaban J connectivity index is 3.32. The number of ether oxygens (including phenoxy) is 1. The molecule has 0 aliphatic carbocycles. The first-order valence-corrected chi connectivity index (χ1v) is 7.21. The van der Waals surface area contributed by atoms with Crippen LogP contribution < -0.4 is 5.73 Å². The molecule has 4 nitrogen and oxygen atoms in total. The zero-order valence-electron chi connectivity index (χ0n) is 11.6. The normalized spacial score (nSPS) is 11.8. The fourth-order valence-corrected chi connectivity index (χ4v) is 2.44. The second kappa shape index (κ2) is 6.48. The maximum atomic E-state index is 5.96. The molecule has 0 atom stereocenters. The summed E-state index contributed by atoms with van der Waals surface area (Å²) in [5, 5.41) is 0. The van der Waals surface area contributed by atoms with Gasteiger partial charge in [-0.3, -0.25) is 0 Å². The number of hydrogen-bond acceptors (Lipinski definition) is 4. The van der Waals surface area contributed by atoms with E-state index in [1.54, 1.807) is 7.11 Å². The van der Waals surface area contributed by atoms with Gasteiger partial charge in [-0.15, -0.1) is 0 Å². The molecule has 0 bridgehead atoms. The van der Waals surface area contributed by atoms with Gasteiger partial charge in [-0.05, 0) is 35.2 Å². The summed E-state index contributed by atoms with van der Waals surface area (Å²) in [4.78, 5) is 9.04. The van der Waals surface area contributed by atoms with Crippen molar-refractivity contribution >= 4 is 21.7 Å². The summed E-state index contributed by atoms with van der Waals surface area (Å²) in [6.07, 6.45) is 3.56. The van der Waals surface area contributed by atoms with Gasteiger partial charge in [0.25, 0.3) is 0 Å². The zero-order valence-corrected chi connectivity index (χ0v) is 13.2. The predicted molar refractivity (Wildman–Crippen MR) is 77.4 cm³/mol. The zero-order chi connectivity index (χ0) is 13.8. The number of rotatable bonds is 6. The highest BCUT2D eigenvalue weighted by atomic mass is 79.9. The molecule has 0 fully saturated rings. The van der Waals surface area contributed by atoms with Gasteiger partial charge in [-0.25, -0.2) is 9.97 Å². The summed E-state index contributed by atoms with van der Waals surface area (Å²) in [6.45, 7) is 6.27. The molecule has 0 aliphatic heterocycles. The van der Waals surface area contributed by atoms with Gasteiger partial charge in [0.05, 0.1) is 10.2 Å². The Kier molecular flexibility index (Phi) is 5.53. The van der Waals surface area contributed by atoms with Crippen LogP contribution in [0.15, 0.2) is 4.47 Å². The smallest absolute Gasteiger partial charge is 0.162 e. The van der Waals surface area contributed by atoms with Crippen LogP contribution in [-0.4, -0.2) is 17.1 Å². The van der Waals surface area contributed by atoms with Crippen molar-refractivity contribution in [2.45, 2.75) is 52.1 Å². The number of nitrogen functional groups attached to an aromatic ring is 1. The number of nitrogens with zero attached hydrogens (tertiary/aromatic N) is 2. The lowest BCUT2D eigenvalue weighted by atomic mass is 9.95. The fraction of sp³-hybridized carbons (Fsp3) is 0.692. The van der Waals surface area contributed by atoms with Crippen molar-refractivity contribution < 1.29 is 4.74 Å². The molecule has 0 aromatic carbocycles. The number of nitrogens with two attached hydrogens (primary N) is 1. The molecule has 18 heavy (non-hydrogen) atoms. The van der Waals surface area contributed by atoms with Crippen LogP contribution in [-0.2, 0) is 16.8 Å². The third kappa shape index (κ3) is 2.83. The Hall–Kier alpha value is -0.680. The van der Waals surface area contributed by atoms with Crippen LogP contribution in [0.3, 0.4) is 0 Å². The Labute approximate surface area is 117 Å². The highest BCUT2D eigenvalue weighted by molar-refractivity contribution is 9.10. The molecule has 102 valence electrons. The van der Waals surface area contributed by atoms with Crippen molar-refractivity contribution in [3.63, 3.8) is 0 Å². The largest absolute Gasteiger partial charge is 0.383 e. The van der Waals surface area contributed by atoms with E-state index in [0.29, 0.717) is 11.6 Å². The van der Waals surface area contributed by atoms with Crippen LogP contribution in [0.1, 0.15) is 51.6 Å². The maximum absolute atomic E-state index is 5.96. The Bertz CT molecular complexity index is 397. The van der Waals surface area contributed by atoms with E-state index < -0.39 is 5.60 Å². The van der Waals surface area contributed by atoms with Crippen molar-refractivity contribution in [2.75, 3.05) is 12.8 Å². The molecule has 0 unspecified atom stereocenters. The van der Waals surface area contributed by atoms with Crippen LogP contribution >= 0.6 is 15.9 Å². The van der Waals surface area contributed by atoms with Crippen LogP contribution in [0.4, 0.5) is 5.82 Å². The molecule has 0 saturated heterocycles. The van der Waals surface area contributed by atoms with E-state index in [9.17, 15) is 0 Å². The van der Waals surface area contributed by atoms with Gasteiger partial charge in [0, 0.05) is 7.11 Å². The number of methoxy groups -OCH3 is 1. The minimum absolute atomic E-state index is 0.433. The molecule has 0 amide bonds. The van der Waals surface area contributed by atoms with Crippen LogP contribution in [0.25, 0.3) is 0 Å². The van der Waals surface area contributed by atoms with E-state index in [4.69, 9.17) is 10.5 Å². The van der Waals surface area contributed by atoms with Gasteiger partial charge in [-0.2, -0.15) is 0 Å². The SMILES string of the molecule is CCCc1nc(C(CC)(CC)OC)nc(N)c1Br. The highest BCUT2D eigenvalue weighted by Gasteiger charge is 2.32. The summed E-state index contributed by atoms with van der Waals surface area (Å²) in [5.74, 6) is 1.19. The van der Waals surface area contributed by atoms with Gasteiger partial charge in [0.15, 0.2) is 5.82 Å². The summed E-state index contributed by atoms with van der Waals surface area (Å²) < 4.78 is 6.46. The molecule has 0 spiro atoms. The molecule has 1 aromatic heterocycles. The van der Waals surface area contributed by atoms with Crippen LogP contribution in [0.5, 0.6) is 0 Å². The van der Waals surface area contributed by atoms with E-state index in [-0.39, 0.29) is 0 Å². The summed E-state index contributed by atoms with van der Waals surface area (Å²) in [7, 11) is 1.70. The first-order valence-electron chi connectivity index (χ1n) is 6.42. The number of anilines is 1. The fourth-order valence-electron chi connectivity index (χ4n) is 2.07. The lowest BCUT2D eigenvalue weighted by Gasteiger charge is -2.29. The molecule has 0 saturated carbocycles. The van der Waals surface area contributed by atoms with Gasteiger partial charge in [0.2, 0.25) is 0 Å². The first kappa shape index (κ1) is 15.4. The van der Waals surface area contributed by atoms with Gasteiger partial charge in [-0.1, -0.05) is 27.2 Å². The van der Waals surface area contributed by atoms with Crippen molar-refractivity contribution in [3.05, 3.63) is 16.0 Å². The van der Waals surface area contributed by atoms with Crippen LogP contribution in [0.2, 0.25) is 0 Å². The van der Waals surface area contributed by atoms with E-state index in [0.717, 1.165) is 35.8 Å². The quantitative estimate of drug-likeness (QED) is 0.873. The molecule has 0 aliphatic rings. The van der Waals surface area contributed by atoms with E-state index in [1.807, 2.05) is 0 Å². The summed E-state index contributed by atoms with van der Waals surface area (Å²) in [6, 6.07) is 0. The number of halogens is 1. The van der Waals surface area contributed by atoms with Gasteiger partial charge >= 0.3 is 0 Å². The second-order valence-electron chi connectivity index (χ2n) is 4.35. The third-order valence-electron chi connectivity index (χ3n) is 3.37. The number of aromatic nitrogens is 2. The van der Waals surface area contributed by atoms with E-state index in [2.05, 4.69) is 46.7 Å². The molecular formula is C13H22BrN3O. The molecule has 1 rings (SSSR count). The monoisotopic (exact) mass is 315 g/mol. The highest BCUT2D eigenvalue weighted by Crippen LogP contribution is 2.32. The van der Waals surface area contributed by atoms with Crippen LogP contribution in [0, 0.1) is 0 Å². The third-order valence-corrected chi connectivity index (χ3v) is 4.24. The molecule has 1 aromatic rings. The average Bonchev–Trinajstić information content (AvgIpc) is 2.38. The van der Waals surface area contributed by atoms with Crippen molar-refractivity contribution in [2.24, 2.45) is 0 Å². The predicted octanol–water partition coefficient (Wildman–Crippen LogP) is 3.44. The summed E-state index contributed by atoms with van der Waals surface area (Å²) in [5.41, 5.74) is 6.49. The van der Waals surface area contributed by atoms with Crippen molar-refractivity contribution in [1.29, 1.82) is 0 Å². The van der Waals surface area contributed by atoms with Gasteiger partial charge < -0.3 is 10.5 Å². The molecule has 0 radical (unpaired) electrons. The average molecular weight is 316 g/mol. The van der Waals surface area contributed by atoms with E-state index in [1.165, 1.54) is 0 Å². The van der Waals surface area contributed by atoms with Crippen molar-refractivity contribution in [1.82, 2.24) is 9.97 Å². The van der Waals surface area contributed by atoms with Crippen molar-refractivity contribution in [3.8, 4) is 0 Å². The molecule has 2 N–H and O–H groups in total. The van der Waals surface area contributed by atoms with Gasteiger partial charge in [0.1, 0.15) is 11.4 Å². The first-order chi connectivity index (χ1) is 8.54. The number of aryl methyl sites for hydroxylation is 1. The molecule has 5 heteroatoms. The topological polar surface area (TPSA) is 61.0 Å². The minimum atomic E-state index is -0.433. The Morgan fingerprint density at radius 1 is 1.22 bits per heavy atom. The Morgan fingerprint density at radius 3 is 2.28 bits per heavy atom.